The highest BCUT2D eigenvalue weighted by molar-refractivity contribution is 6.30. The van der Waals surface area contributed by atoms with Crippen LogP contribution in [0.5, 0.6) is 0 Å². The Morgan fingerprint density at radius 3 is 2.94 bits per heavy atom. The molecule has 2 fully saturated rings. The Bertz CT molecular complexity index is 409. The summed E-state index contributed by atoms with van der Waals surface area (Å²) in [6.07, 6.45) is 5.36. The molecule has 4 unspecified atom stereocenters. The van der Waals surface area contributed by atoms with E-state index in [0.29, 0.717) is 18.1 Å². The molecule has 4 atom stereocenters. The van der Waals surface area contributed by atoms with E-state index in [1.165, 1.54) is 18.4 Å². The van der Waals surface area contributed by atoms with Crippen LogP contribution in [-0.2, 0) is 11.2 Å². The number of fused-ring (bicyclic) bond motifs is 2. The van der Waals surface area contributed by atoms with E-state index in [4.69, 9.17) is 22.1 Å². The summed E-state index contributed by atoms with van der Waals surface area (Å²) in [5, 5.41) is 0.791. The third-order valence-electron chi connectivity index (χ3n) is 4.06. The lowest BCUT2D eigenvalue weighted by atomic mass is 9.82. The van der Waals surface area contributed by atoms with E-state index in [-0.39, 0.29) is 6.04 Å². The van der Waals surface area contributed by atoms with E-state index in [0.717, 1.165) is 17.9 Å². The number of nitrogens with two attached hydrogens (primary N) is 1. The van der Waals surface area contributed by atoms with Crippen molar-refractivity contribution < 1.29 is 4.74 Å². The smallest absolute Gasteiger partial charge is 0.0623 e. The molecule has 2 heterocycles. The summed E-state index contributed by atoms with van der Waals surface area (Å²) in [4.78, 5) is 0. The highest BCUT2D eigenvalue weighted by Crippen LogP contribution is 2.40. The van der Waals surface area contributed by atoms with Crippen molar-refractivity contribution >= 4 is 11.6 Å². The first-order chi connectivity index (χ1) is 8.22. The fourth-order valence-corrected chi connectivity index (χ4v) is 3.43. The van der Waals surface area contributed by atoms with Crippen molar-refractivity contribution in [3.05, 3.63) is 34.9 Å². The number of rotatable bonds is 3. The topological polar surface area (TPSA) is 35.2 Å². The Labute approximate surface area is 107 Å². The van der Waals surface area contributed by atoms with Crippen molar-refractivity contribution in [3.8, 4) is 0 Å². The van der Waals surface area contributed by atoms with E-state index >= 15 is 0 Å². The van der Waals surface area contributed by atoms with Crippen LogP contribution in [0.15, 0.2) is 24.3 Å². The predicted octanol–water partition coefficient (Wildman–Crippen LogP) is 2.78. The zero-order valence-corrected chi connectivity index (χ0v) is 10.6. The first-order valence-corrected chi connectivity index (χ1v) is 6.75. The molecule has 0 spiro atoms. The number of hydrogen-bond acceptors (Lipinski definition) is 2. The van der Waals surface area contributed by atoms with E-state index in [2.05, 4.69) is 6.07 Å². The molecule has 2 N–H and O–H groups in total. The molecule has 1 aromatic carbocycles. The molecule has 0 radical (unpaired) electrons. The average Bonchev–Trinajstić information content (AvgIpc) is 2.90. The van der Waals surface area contributed by atoms with Crippen LogP contribution in [0.25, 0.3) is 0 Å². The first-order valence-electron chi connectivity index (χ1n) is 6.38. The maximum Gasteiger partial charge on any atom is 0.0623 e. The lowest BCUT2D eigenvalue weighted by molar-refractivity contribution is 0.0885. The van der Waals surface area contributed by atoms with Gasteiger partial charge in [-0.3, -0.25) is 0 Å². The molecule has 1 aromatic rings. The lowest BCUT2D eigenvalue weighted by Gasteiger charge is -2.25. The Morgan fingerprint density at radius 2 is 2.29 bits per heavy atom. The van der Waals surface area contributed by atoms with Crippen LogP contribution >= 0.6 is 11.6 Å². The van der Waals surface area contributed by atoms with Gasteiger partial charge in [0.25, 0.3) is 0 Å². The van der Waals surface area contributed by atoms with Crippen molar-refractivity contribution in [1.29, 1.82) is 0 Å². The Hall–Kier alpha value is -0.570. The maximum atomic E-state index is 6.32. The standard InChI is InChI=1S/C14H18ClNO/c15-10-3-1-2-9(6-10)7-13(16)12-8-11-4-5-14(12)17-11/h1-3,6,11-14H,4-5,7-8,16H2. The number of benzene rings is 1. The molecular formula is C14H18ClNO. The molecule has 3 heteroatoms. The SMILES string of the molecule is NC(Cc1cccc(Cl)c1)C1CC2CCC1O2. The zero-order valence-electron chi connectivity index (χ0n) is 9.81. The highest BCUT2D eigenvalue weighted by Gasteiger charge is 2.43. The summed E-state index contributed by atoms with van der Waals surface area (Å²) in [5.74, 6) is 0.535. The number of ether oxygens (including phenoxy) is 1. The molecule has 2 saturated heterocycles. The van der Waals surface area contributed by atoms with Crippen molar-refractivity contribution in [2.75, 3.05) is 0 Å². The second kappa shape index (κ2) is 4.60. The minimum absolute atomic E-state index is 0.198. The van der Waals surface area contributed by atoms with Crippen LogP contribution in [0.3, 0.4) is 0 Å². The molecule has 2 bridgehead atoms. The van der Waals surface area contributed by atoms with E-state index < -0.39 is 0 Å². The second-order valence-electron chi connectivity index (χ2n) is 5.27. The fourth-order valence-electron chi connectivity index (χ4n) is 3.22. The zero-order chi connectivity index (χ0) is 11.8. The van der Waals surface area contributed by atoms with Gasteiger partial charge in [0.2, 0.25) is 0 Å². The molecule has 2 aliphatic heterocycles. The van der Waals surface area contributed by atoms with E-state index in [1.54, 1.807) is 0 Å². The van der Waals surface area contributed by atoms with Gasteiger partial charge in [0.1, 0.15) is 0 Å². The second-order valence-corrected chi connectivity index (χ2v) is 5.71. The van der Waals surface area contributed by atoms with Gasteiger partial charge in [0.05, 0.1) is 12.2 Å². The van der Waals surface area contributed by atoms with Gasteiger partial charge in [-0.1, -0.05) is 23.7 Å². The van der Waals surface area contributed by atoms with Crippen molar-refractivity contribution in [1.82, 2.24) is 0 Å². The number of hydrogen-bond donors (Lipinski definition) is 1. The number of halogens is 1. The van der Waals surface area contributed by atoms with Crippen LogP contribution in [0.2, 0.25) is 5.02 Å². The lowest BCUT2D eigenvalue weighted by Crippen LogP contribution is -2.37. The van der Waals surface area contributed by atoms with Crippen LogP contribution in [0, 0.1) is 5.92 Å². The van der Waals surface area contributed by atoms with Gasteiger partial charge >= 0.3 is 0 Å². The summed E-state index contributed by atoms with van der Waals surface area (Å²) in [5.41, 5.74) is 7.55. The van der Waals surface area contributed by atoms with Gasteiger partial charge in [0.15, 0.2) is 0 Å². The monoisotopic (exact) mass is 251 g/mol. The molecule has 17 heavy (non-hydrogen) atoms. The predicted molar refractivity (Wildman–Crippen MR) is 69.1 cm³/mol. The van der Waals surface area contributed by atoms with Gasteiger partial charge in [-0.15, -0.1) is 0 Å². The Balaban J connectivity index is 1.65. The summed E-state index contributed by atoms with van der Waals surface area (Å²) < 4.78 is 5.86. The quantitative estimate of drug-likeness (QED) is 0.897. The fraction of sp³-hybridized carbons (Fsp3) is 0.571. The molecule has 0 aliphatic carbocycles. The molecule has 92 valence electrons. The molecule has 2 aliphatic rings. The average molecular weight is 252 g/mol. The van der Waals surface area contributed by atoms with Crippen LogP contribution < -0.4 is 5.73 Å². The van der Waals surface area contributed by atoms with Gasteiger partial charge in [-0.2, -0.15) is 0 Å². The molecule has 0 amide bonds. The van der Waals surface area contributed by atoms with E-state index in [9.17, 15) is 0 Å². The molecular weight excluding hydrogens is 234 g/mol. The van der Waals surface area contributed by atoms with Gasteiger partial charge in [0, 0.05) is 17.0 Å². The minimum Gasteiger partial charge on any atom is -0.375 e. The summed E-state index contributed by atoms with van der Waals surface area (Å²) in [6, 6.07) is 8.19. The highest BCUT2D eigenvalue weighted by atomic mass is 35.5. The first kappa shape index (κ1) is 11.5. The van der Waals surface area contributed by atoms with Gasteiger partial charge in [-0.05, 0) is 43.4 Å². The van der Waals surface area contributed by atoms with Crippen LogP contribution in [0.4, 0.5) is 0 Å². The molecule has 2 nitrogen and oxygen atoms in total. The van der Waals surface area contributed by atoms with Crippen molar-refractivity contribution in [3.63, 3.8) is 0 Å². The van der Waals surface area contributed by atoms with Gasteiger partial charge in [-0.25, -0.2) is 0 Å². The summed E-state index contributed by atoms with van der Waals surface area (Å²) in [6.45, 7) is 0. The summed E-state index contributed by atoms with van der Waals surface area (Å²) >= 11 is 5.99. The third-order valence-corrected chi connectivity index (χ3v) is 4.30. The Kier molecular flexibility index (Phi) is 3.12. The molecule has 0 aromatic heterocycles. The third kappa shape index (κ3) is 2.35. The van der Waals surface area contributed by atoms with E-state index in [1.807, 2.05) is 18.2 Å². The van der Waals surface area contributed by atoms with Crippen molar-refractivity contribution in [2.45, 2.75) is 43.9 Å². The summed E-state index contributed by atoms with van der Waals surface area (Å²) in [7, 11) is 0. The normalized spacial score (nSPS) is 32.9. The van der Waals surface area contributed by atoms with Gasteiger partial charge < -0.3 is 10.5 Å². The van der Waals surface area contributed by atoms with Crippen LogP contribution in [-0.4, -0.2) is 18.2 Å². The van der Waals surface area contributed by atoms with Crippen molar-refractivity contribution in [2.24, 2.45) is 11.7 Å². The molecule has 0 saturated carbocycles. The molecule has 3 rings (SSSR count). The van der Waals surface area contributed by atoms with Crippen LogP contribution in [0.1, 0.15) is 24.8 Å². The maximum absolute atomic E-state index is 6.32. The largest absolute Gasteiger partial charge is 0.375 e. The Morgan fingerprint density at radius 1 is 1.41 bits per heavy atom. The minimum atomic E-state index is 0.198.